The van der Waals surface area contributed by atoms with Crippen LogP contribution in [0.15, 0.2) is 34.1 Å². The second-order valence-corrected chi connectivity index (χ2v) is 21.0. The first-order chi connectivity index (χ1) is 30.3. The number of sulfonamides is 2. The van der Waals surface area contributed by atoms with Crippen molar-refractivity contribution in [1.82, 2.24) is 8.61 Å². The van der Waals surface area contributed by atoms with E-state index >= 15 is 0 Å². The third-order valence-corrected chi connectivity index (χ3v) is 15.9. The Morgan fingerprint density at radius 1 is 0.306 bits per heavy atom. The molecule has 0 saturated heterocycles. The lowest BCUT2D eigenvalue weighted by atomic mass is 10.1. The fraction of sp³-hybridized carbons (Fsp3) is 0.800. The Balaban J connectivity index is 3.09. The highest BCUT2D eigenvalue weighted by molar-refractivity contribution is 7.92. The van der Waals surface area contributed by atoms with Gasteiger partial charge in [-0.1, -0.05) is 166 Å². The van der Waals surface area contributed by atoms with Crippen LogP contribution in [0.4, 0.5) is 0 Å². The molecule has 0 amide bonds. The van der Waals surface area contributed by atoms with Crippen LogP contribution in [0.2, 0.25) is 0 Å². The van der Waals surface area contributed by atoms with Gasteiger partial charge < -0.3 is 0 Å². The Labute approximate surface area is 380 Å². The van der Waals surface area contributed by atoms with Crippen molar-refractivity contribution in [3.63, 3.8) is 0 Å². The molecule has 62 heavy (non-hydrogen) atoms. The van der Waals surface area contributed by atoms with Crippen molar-refractivity contribution < 1.29 is 16.8 Å². The summed E-state index contributed by atoms with van der Waals surface area (Å²) in [5.41, 5.74) is 0. The lowest BCUT2D eigenvalue weighted by Crippen LogP contribution is -2.37. The van der Waals surface area contributed by atoms with E-state index in [0.717, 1.165) is 205 Å². The van der Waals surface area contributed by atoms with E-state index in [1.54, 1.807) is 20.7 Å². The van der Waals surface area contributed by atoms with Gasteiger partial charge in [-0.3, -0.25) is 0 Å². The molecule has 1 aromatic carbocycles. The predicted molar refractivity (Wildman–Crippen MR) is 253 cm³/mol. The SMILES string of the molecule is N#CCCCCCCCCCCN(CCCCCCCCCCC#N)S(=O)(=O)c1ccccc1S(=O)(=O)N(CCCCCCCCCCC#N)CCCCCCCCCCC#N. The fourth-order valence-corrected chi connectivity index (χ4v) is 11.9. The summed E-state index contributed by atoms with van der Waals surface area (Å²) in [5, 5.41) is 35.1. The lowest BCUT2D eigenvalue weighted by molar-refractivity contribution is 0.376. The maximum atomic E-state index is 14.7. The average molecular weight is 897 g/mol. The van der Waals surface area contributed by atoms with Gasteiger partial charge in [-0.05, 0) is 63.5 Å². The molecule has 350 valence electrons. The number of nitriles is 4. The smallest absolute Gasteiger partial charge is 0.207 e. The first-order valence-electron chi connectivity index (χ1n) is 24.8. The van der Waals surface area contributed by atoms with Gasteiger partial charge in [0.15, 0.2) is 0 Å². The van der Waals surface area contributed by atoms with Crippen molar-refractivity contribution in [1.29, 1.82) is 21.0 Å². The van der Waals surface area contributed by atoms with E-state index in [2.05, 4.69) is 24.3 Å². The average Bonchev–Trinajstić information content (AvgIpc) is 3.27. The predicted octanol–water partition coefficient (Wildman–Crippen LogP) is 13.8. The summed E-state index contributed by atoms with van der Waals surface area (Å²) in [7, 11) is -8.24. The molecule has 0 unspecified atom stereocenters. The third-order valence-electron chi connectivity index (χ3n) is 11.9. The molecule has 0 aliphatic rings. The van der Waals surface area contributed by atoms with Crippen LogP contribution in [0.1, 0.15) is 231 Å². The van der Waals surface area contributed by atoms with Crippen LogP contribution < -0.4 is 0 Å². The zero-order valence-corrected chi connectivity index (χ0v) is 40.4. The van der Waals surface area contributed by atoms with Gasteiger partial charge in [0, 0.05) is 51.9 Å². The summed E-state index contributed by atoms with van der Waals surface area (Å²) in [6.45, 7) is 1.44. The number of unbranched alkanes of at least 4 members (excludes halogenated alkanes) is 32. The van der Waals surface area contributed by atoms with Crippen molar-refractivity contribution in [2.24, 2.45) is 0 Å². The van der Waals surface area contributed by atoms with E-state index in [9.17, 15) is 16.8 Å². The van der Waals surface area contributed by atoms with Crippen molar-refractivity contribution in [2.75, 3.05) is 26.2 Å². The van der Waals surface area contributed by atoms with E-state index < -0.39 is 20.0 Å². The van der Waals surface area contributed by atoms with Gasteiger partial charge in [0.05, 0.1) is 24.3 Å². The van der Waals surface area contributed by atoms with Gasteiger partial charge >= 0.3 is 0 Å². The van der Waals surface area contributed by atoms with E-state index in [-0.39, 0.29) is 9.79 Å². The summed E-state index contributed by atoms with van der Waals surface area (Å²) in [5.74, 6) is 0. The zero-order valence-electron chi connectivity index (χ0n) is 38.7. The number of hydrogen-bond acceptors (Lipinski definition) is 8. The molecule has 0 aliphatic carbocycles. The molecule has 0 bridgehead atoms. The summed E-state index contributed by atoms with van der Waals surface area (Å²) in [4.78, 5) is -0.236. The molecular weight excluding hydrogens is 813 g/mol. The summed E-state index contributed by atoms with van der Waals surface area (Å²) in [6.07, 6.45) is 34.3. The van der Waals surface area contributed by atoms with E-state index in [1.807, 2.05) is 0 Å². The molecule has 0 radical (unpaired) electrons. The molecule has 0 spiro atoms. The van der Waals surface area contributed by atoms with Crippen molar-refractivity contribution >= 4 is 20.0 Å². The molecule has 0 N–H and O–H groups in total. The minimum atomic E-state index is -4.12. The second kappa shape index (κ2) is 39.6. The Hall–Kier alpha value is -3.00. The highest BCUT2D eigenvalue weighted by Gasteiger charge is 2.34. The molecule has 1 aromatic rings. The van der Waals surface area contributed by atoms with Gasteiger partial charge in [0.25, 0.3) is 0 Å². The summed E-state index contributed by atoms with van der Waals surface area (Å²) < 4.78 is 61.7. The van der Waals surface area contributed by atoms with Gasteiger partial charge in [-0.15, -0.1) is 0 Å². The number of hydrogen-bond donors (Lipinski definition) is 0. The quantitative estimate of drug-likeness (QED) is 0.0583. The molecule has 0 fully saturated rings. The van der Waals surface area contributed by atoms with Gasteiger partial charge in [0.1, 0.15) is 9.79 Å². The lowest BCUT2D eigenvalue weighted by Gasteiger charge is -2.26. The number of nitrogens with zero attached hydrogens (tertiary/aromatic N) is 6. The molecule has 12 heteroatoms. The number of rotatable bonds is 44. The third kappa shape index (κ3) is 27.9. The van der Waals surface area contributed by atoms with Gasteiger partial charge in [0.2, 0.25) is 20.0 Å². The minimum Gasteiger partial charge on any atom is -0.207 e. The maximum Gasteiger partial charge on any atom is 0.244 e. The molecule has 0 saturated carbocycles. The largest absolute Gasteiger partial charge is 0.244 e. The first kappa shape index (κ1) is 57.0. The van der Waals surface area contributed by atoms with Crippen LogP contribution in [0.5, 0.6) is 0 Å². The summed E-state index contributed by atoms with van der Waals surface area (Å²) >= 11 is 0. The molecular formula is C50H84N6O4S2. The highest BCUT2D eigenvalue weighted by Crippen LogP contribution is 2.29. The Bertz CT molecular complexity index is 1450. The normalized spacial score (nSPS) is 11.7. The highest BCUT2D eigenvalue weighted by atomic mass is 32.2. The molecule has 0 aromatic heterocycles. The van der Waals surface area contributed by atoms with Crippen LogP contribution in [-0.2, 0) is 20.0 Å². The van der Waals surface area contributed by atoms with Crippen molar-refractivity contribution in [2.45, 2.75) is 241 Å². The van der Waals surface area contributed by atoms with Gasteiger partial charge in [-0.2, -0.15) is 29.7 Å². The van der Waals surface area contributed by atoms with Crippen LogP contribution in [-0.4, -0.2) is 51.6 Å². The van der Waals surface area contributed by atoms with Crippen LogP contribution >= 0.6 is 0 Å². The van der Waals surface area contributed by atoms with Crippen LogP contribution in [0.3, 0.4) is 0 Å². The minimum absolute atomic E-state index is 0.118. The Kier molecular flexibility index (Phi) is 36.4. The molecule has 0 atom stereocenters. The topological polar surface area (TPSA) is 170 Å². The fourth-order valence-electron chi connectivity index (χ4n) is 8.07. The molecule has 0 aliphatic heterocycles. The van der Waals surface area contributed by atoms with Crippen molar-refractivity contribution in [3.05, 3.63) is 24.3 Å². The van der Waals surface area contributed by atoms with Crippen molar-refractivity contribution in [3.8, 4) is 24.3 Å². The molecule has 1 rings (SSSR count). The van der Waals surface area contributed by atoms with E-state index in [1.165, 1.54) is 12.1 Å². The van der Waals surface area contributed by atoms with Crippen LogP contribution in [0.25, 0.3) is 0 Å². The first-order valence-corrected chi connectivity index (χ1v) is 27.7. The second-order valence-electron chi connectivity index (χ2n) is 17.2. The van der Waals surface area contributed by atoms with Crippen LogP contribution in [0, 0.1) is 45.3 Å². The zero-order chi connectivity index (χ0) is 45.3. The molecule has 0 heterocycles. The monoisotopic (exact) mass is 897 g/mol. The maximum absolute atomic E-state index is 14.7. The molecule has 10 nitrogen and oxygen atoms in total. The van der Waals surface area contributed by atoms with Gasteiger partial charge in [-0.25, -0.2) is 16.8 Å². The summed E-state index contributed by atoms with van der Waals surface area (Å²) in [6, 6.07) is 15.1. The number of benzene rings is 1. The Morgan fingerprint density at radius 2 is 0.484 bits per heavy atom. The van der Waals surface area contributed by atoms with E-state index in [0.29, 0.717) is 51.9 Å². The van der Waals surface area contributed by atoms with E-state index in [4.69, 9.17) is 21.0 Å². The Morgan fingerprint density at radius 3 is 0.677 bits per heavy atom. The standard InChI is InChI=1S/C50H84N6O4S2/c51-41-31-21-13-5-1-9-17-25-35-45-55(46-36-26-18-10-2-6-14-22-32-42-52)61(57,58)49-39-29-30-40-50(49)62(59,60)56(47-37-27-19-11-3-7-15-23-33-43-53)48-38-28-20-12-4-8-16-24-34-44-54/h29-30,39-40H,1-28,31-38,45-48H2.